The molecular weight excluding hydrogens is 308 g/mol. The van der Waals surface area contributed by atoms with Gasteiger partial charge >= 0.3 is 0 Å². The molecule has 0 heterocycles. The van der Waals surface area contributed by atoms with Gasteiger partial charge in [-0.2, -0.15) is 0 Å². The molecule has 0 aliphatic carbocycles. The predicted molar refractivity (Wildman–Crippen MR) is 104 cm³/mol. The first-order chi connectivity index (χ1) is 11.5. The highest BCUT2D eigenvalue weighted by atomic mass is 28.4. The van der Waals surface area contributed by atoms with Crippen LogP contribution in [0.2, 0.25) is 19.6 Å². The smallest absolute Gasteiger partial charge is 0.185 e. The van der Waals surface area contributed by atoms with Crippen LogP contribution in [0.5, 0.6) is 0 Å². The Morgan fingerprint density at radius 3 is 2.17 bits per heavy atom. The van der Waals surface area contributed by atoms with Crippen LogP contribution in [0.4, 0.5) is 0 Å². The number of rotatable bonds is 3. The second-order valence-corrected chi connectivity index (χ2v) is 11.3. The summed E-state index contributed by atoms with van der Waals surface area (Å²) in [6.07, 6.45) is -0.177. The van der Waals surface area contributed by atoms with Crippen LogP contribution in [-0.4, -0.2) is 8.32 Å². The molecule has 0 saturated carbocycles. The maximum absolute atomic E-state index is 6.30. The maximum Gasteiger partial charge on any atom is 0.185 e. The van der Waals surface area contributed by atoms with E-state index in [0.717, 1.165) is 11.1 Å². The number of benzene rings is 3. The number of fused-ring (bicyclic) bond motifs is 1. The summed E-state index contributed by atoms with van der Waals surface area (Å²) in [5.41, 5.74) is 2.14. The van der Waals surface area contributed by atoms with Gasteiger partial charge in [0, 0.05) is 5.56 Å². The first-order valence-corrected chi connectivity index (χ1v) is 11.7. The van der Waals surface area contributed by atoms with Crippen LogP contribution in [0.15, 0.2) is 72.8 Å². The summed E-state index contributed by atoms with van der Waals surface area (Å²) in [4.78, 5) is 0. The van der Waals surface area contributed by atoms with Crippen molar-refractivity contribution in [1.29, 1.82) is 0 Å². The number of hydrogen-bond donors (Lipinski definition) is 0. The van der Waals surface area contributed by atoms with Gasteiger partial charge in [-0.25, -0.2) is 0 Å². The van der Waals surface area contributed by atoms with Crippen LogP contribution in [0, 0.1) is 11.8 Å². The summed E-state index contributed by atoms with van der Waals surface area (Å²) < 4.78 is 6.30. The van der Waals surface area contributed by atoms with Crippen molar-refractivity contribution in [1.82, 2.24) is 0 Å². The fraction of sp³-hybridized carbons (Fsp3) is 0.182. The Labute approximate surface area is 145 Å². The standard InChI is InChI=1S/C22H22OSi/c1-24(2,3)23-22(20-10-5-4-6-11-20)16-14-18-13-15-19-9-7-8-12-21(19)17-18/h4-13,15,17,22H,1-3H3. The number of hydrogen-bond acceptors (Lipinski definition) is 1. The molecule has 0 bridgehead atoms. The minimum Gasteiger partial charge on any atom is -0.400 e. The Morgan fingerprint density at radius 2 is 1.46 bits per heavy atom. The molecular formula is C22H22OSi. The van der Waals surface area contributed by atoms with Crippen LogP contribution in [0.3, 0.4) is 0 Å². The largest absolute Gasteiger partial charge is 0.400 e. The van der Waals surface area contributed by atoms with Crippen LogP contribution in [0.1, 0.15) is 17.2 Å². The van der Waals surface area contributed by atoms with Crippen molar-refractivity contribution in [2.45, 2.75) is 25.7 Å². The lowest BCUT2D eigenvalue weighted by molar-refractivity contribution is 0.257. The van der Waals surface area contributed by atoms with E-state index in [4.69, 9.17) is 4.43 Å². The van der Waals surface area contributed by atoms with Crippen LogP contribution < -0.4 is 0 Å². The van der Waals surface area contributed by atoms with Gasteiger partial charge in [0.15, 0.2) is 8.32 Å². The van der Waals surface area contributed by atoms with Crippen molar-refractivity contribution in [3.63, 3.8) is 0 Å². The van der Waals surface area contributed by atoms with Crippen LogP contribution in [-0.2, 0) is 4.43 Å². The quantitative estimate of drug-likeness (QED) is 0.436. The molecule has 3 aromatic carbocycles. The van der Waals surface area contributed by atoms with Gasteiger partial charge in [0.2, 0.25) is 0 Å². The van der Waals surface area contributed by atoms with Crippen molar-refractivity contribution in [2.24, 2.45) is 0 Å². The molecule has 24 heavy (non-hydrogen) atoms. The maximum atomic E-state index is 6.30. The van der Waals surface area contributed by atoms with Crippen molar-refractivity contribution in [3.05, 3.63) is 83.9 Å². The highest BCUT2D eigenvalue weighted by Crippen LogP contribution is 2.22. The summed E-state index contributed by atoms with van der Waals surface area (Å²) in [7, 11) is -1.69. The third-order valence-electron chi connectivity index (χ3n) is 3.67. The van der Waals surface area contributed by atoms with E-state index < -0.39 is 8.32 Å². The molecule has 2 heteroatoms. The molecule has 120 valence electrons. The second kappa shape index (κ2) is 7.05. The van der Waals surface area contributed by atoms with Gasteiger partial charge in [0.25, 0.3) is 0 Å². The minimum absolute atomic E-state index is 0.177. The van der Waals surface area contributed by atoms with E-state index in [1.165, 1.54) is 10.8 Å². The van der Waals surface area contributed by atoms with E-state index in [2.05, 4.69) is 86.1 Å². The van der Waals surface area contributed by atoms with Crippen molar-refractivity contribution in [2.75, 3.05) is 0 Å². The lowest BCUT2D eigenvalue weighted by atomic mass is 10.1. The van der Waals surface area contributed by atoms with Crippen molar-refractivity contribution < 1.29 is 4.43 Å². The van der Waals surface area contributed by atoms with Crippen molar-refractivity contribution >= 4 is 19.1 Å². The Kier molecular flexibility index (Phi) is 4.85. The molecule has 0 aliphatic heterocycles. The summed E-state index contributed by atoms with van der Waals surface area (Å²) >= 11 is 0. The molecule has 3 aromatic rings. The first-order valence-electron chi connectivity index (χ1n) is 8.24. The van der Waals surface area contributed by atoms with Gasteiger partial charge in [0.1, 0.15) is 6.10 Å². The van der Waals surface area contributed by atoms with E-state index in [9.17, 15) is 0 Å². The normalized spacial score (nSPS) is 12.5. The molecule has 1 unspecified atom stereocenters. The second-order valence-electron chi connectivity index (χ2n) is 6.85. The highest BCUT2D eigenvalue weighted by molar-refractivity contribution is 6.69. The zero-order chi connectivity index (χ0) is 17.0. The van der Waals surface area contributed by atoms with Gasteiger partial charge in [-0.15, -0.1) is 0 Å². The third kappa shape index (κ3) is 4.35. The molecule has 0 aliphatic rings. The first kappa shape index (κ1) is 16.5. The molecule has 0 aromatic heterocycles. The van der Waals surface area contributed by atoms with E-state index >= 15 is 0 Å². The summed E-state index contributed by atoms with van der Waals surface area (Å²) in [5.74, 6) is 6.64. The Balaban J connectivity index is 1.93. The molecule has 0 saturated heterocycles. The lowest BCUT2D eigenvalue weighted by Crippen LogP contribution is -2.27. The minimum atomic E-state index is -1.69. The topological polar surface area (TPSA) is 9.23 Å². The van der Waals surface area contributed by atoms with E-state index in [0.29, 0.717) is 0 Å². The molecule has 0 amide bonds. The average molecular weight is 331 g/mol. The molecule has 1 atom stereocenters. The Bertz CT molecular complexity index is 882. The fourth-order valence-electron chi connectivity index (χ4n) is 2.58. The molecule has 1 nitrogen and oxygen atoms in total. The Morgan fingerprint density at radius 1 is 0.792 bits per heavy atom. The lowest BCUT2D eigenvalue weighted by Gasteiger charge is -2.23. The zero-order valence-electron chi connectivity index (χ0n) is 14.4. The summed E-state index contributed by atoms with van der Waals surface area (Å²) in [6, 6.07) is 24.9. The highest BCUT2D eigenvalue weighted by Gasteiger charge is 2.20. The molecule has 0 N–H and O–H groups in total. The fourth-order valence-corrected chi connectivity index (χ4v) is 3.48. The van der Waals surface area contributed by atoms with Gasteiger partial charge < -0.3 is 4.43 Å². The van der Waals surface area contributed by atoms with Gasteiger partial charge in [-0.1, -0.05) is 72.5 Å². The van der Waals surface area contributed by atoms with Gasteiger partial charge in [-0.05, 0) is 48.1 Å². The SMILES string of the molecule is C[Si](C)(C)OC(C#Cc1ccc2ccccc2c1)c1ccccc1. The van der Waals surface area contributed by atoms with Crippen LogP contribution >= 0.6 is 0 Å². The predicted octanol–water partition coefficient (Wildman–Crippen LogP) is 5.78. The summed E-state index contributed by atoms with van der Waals surface area (Å²) in [5, 5.41) is 2.45. The van der Waals surface area contributed by atoms with Gasteiger partial charge in [0.05, 0.1) is 0 Å². The molecule has 0 fully saturated rings. The molecule has 0 spiro atoms. The Hall–Kier alpha value is -2.34. The zero-order valence-corrected chi connectivity index (χ0v) is 15.4. The van der Waals surface area contributed by atoms with Crippen molar-refractivity contribution in [3.8, 4) is 11.8 Å². The molecule has 3 rings (SSSR count). The molecule has 0 radical (unpaired) electrons. The average Bonchev–Trinajstić information content (AvgIpc) is 2.58. The van der Waals surface area contributed by atoms with E-state index in [1.807, 2.05) is 18.2 Å². The van der Waals surface area contributed by atoms with E-state index in [-0.39, 0.29) is 6.10 Å². The monoisotopic (exact) mass is 330 g/mol. The third-order valence-corrected chi connectivity index (χ3v) is 4.61. The summed E-state index contributed by atoms with van der Waals surface area (Å²) in [6.45, 7) is 6.59. The van der Waals surface area contributed by atoms with Gasteiger partial charge in [-0.3, -0.25) is 0 Å². The van der Waals surface area contributed by atoms with Crippen LogP contribution in [0.25, 0.3) is 10.8 Å². The van der Waals surface area contributed by atoms with E-state index in [1.54, 1.807) is 0 Å².